The molecule has 0 unspecified atom stereocenters. The first-order valence-electron chi connectivity index (χ1n) is 15.5. The molecule has 0 spiro atoms. The zero-order valence-electron chi connectivity index (χ0n) is 30.4. The van der Waals surface area contributed by atoms with E-state index in [0.29, 0.717) is 18.0 Å². The molecule has 0 aromatic heterocycles. The molecule has 0 atom stereocenters. The number of nitrogen functional groups attached to an aromatic ring is 1. The van der Waals surface area contributed by atoms with Gasteiger partial charge in [0.05, 0.1) is 14.2 Å². The molecule has 10 nitrogen and oxygen atoms in total. The van der Waals surface area contributed by atoms with Gasteiger partial charge in [0.1, 0.15) is 17.9 Å². The summed E-state index contributed by atoms with van der Waals surface area (Å²) in [6, 6.07) is 10.6. The van der Waals surface area contributed by atoms with Crippen LogP contribution in [-0.2, 0) is 4.79 Å². The molecule has 258 valence electrons. The smallest absolute Gasteiger partial charge is 0.163 e. The number of phenols is 1. The Balaban J connectivity index is 0. The molecule has 0 aliphatic carbocycles. The Morgan fingerprint density at radius 2 is 1.57 bits per heavy atom. The number of aliphatic hydroxyl groups is 1. The molecule has 0 amide bonds. The Hall–Kier alpha value is -4.31. The second kappa shape index (κ2) is 24.9. The van der Waals surface area contributed by atoms with Gasteiger partial charge in [-0.2, -0.15) is 0 Å². The molecule has 0 saturated heterocycles. The van der Waals surface area contributed by atoms with Crippen LogP contribution in [0, 0.1) is 6.92 Å². The lowest BCUT2D eigenvalue weighted by Gasteiger charge is -2.29. The van der Waals surface area contributed by atoms with Crippen LogP contribution in [-0.4, -0.2) is 81.1 Å². The number of benzene rings is 2. The minimum absolute atomic E-state index is 0.0609. The Morgan fingerprint density at radius 3 is 2.02 bits per heavy atom. The van der Waals surface area contributed by atoms with Crippen molar-refractivity contribution in [1.29, 1.82) is 0 Å². The monoisotopic (exact) mass is 641 g/mol. The summed E-state index contributed by atoms with van der Waals surface area (Å²) in [6.45, 7) is 19.9. The van der Waals surface area contributed by atoms with E-state index in [0.717, 1.165) is 71.7 Å². The SMILES string of the molecule is CC.CCCN(CCNc1ccc(O)cc1)C(=NC=NC)C(=C(C)C)/C(C)=C(\C)C(C)=O.CO.COc1cc(N)cc(C)c1OC. The van der Waals surface area contributed by atoms with Gasteiger partial charge < -0.3 is 35.6 Å². The number of carbonyl (C=O) groups excluding carboxylic acids is 1. The van der Waals surface area contributed by atoms with E-state index in [1.165, 1.54) is 0 Å². The topological polar surface area (TPSA) is 142 Å². The zero-order chi connectivity index (χ0) is 35.8. The molecule has 2 aromatic rings. The molecule has 2 aromatic carbocycles. The highest BCUT2D eigenvalue weighted by Crippen LogP contribution is 2.32. The molecular weight excluding hydrogens is 582 g/mol. The Morgan fingerprint density at radius 1 is 0.978 bits per heavy atom. The molecule has 10 heteroatoms. The van der Waals surface area contributed by atoms with E-state index in [4.69, 9.17) is 20.3 Å². The van der Waals surface area contributed by atoms with Crippen LogP contribution in [0.1, 0.15) is 67.4 Å². The number of nitrogens with two attached hydrogens (primary N) is 1. The van der Waals surface area contributed by atoms with E-state index in [2.05, 4.69) is 27.1 Å². The number of allylic oxidation sites excluding steroid dienone is 2. The summed E-state index contributed by atoms with van der Waals surface area (Å²) in [5.74, 6) is 2.55. The maximum Gasteiger partial charge on any atom is 0.163 e. The summed E-state index contributed by atoms with van der Waals surface area (Å²) in [4.78, 5) is 23.0. The van der Waals surface area contributed by atoms with Crippen molar-refractivity contribution in [2.45, 2.75) is 68.7 Å². The maximum atomic E-state index is 12.0. The van der Waals surface area contributed by atoms with Crippen LogP contribution in [0.3, 0.4) is 0 Å². The molecule has 0 aliphatic heterocycles. The van der Waals surface area contributed by atoms with Gasteiger partial charge in [-0.1, -0.05) is 26.3 Å². The number of aliphatic hydroxyl groups excluding tert-OH is 1. The van der Waals surface area contributed by atoms with E-state index in [-0.39, 0.29) is 11.5 Å². The molecule has 0 radical (unpaired) electrons. The van der Waals surface area contributed by atoms with Crippen molar-refractivity contribution in [3.8, 4) is 17.2 Å². The fraction of sp³-hybridized carbons (Fsp3) is 0.472. The first-order chi connectivity index (χ1) is 21.9. The number of ether oxygens (including phenoxy) is 2. The second-order valence-electron chi connectivity index (χ2n) is 10.0. The summed E-state index contributed by atoms with van der Waals surface area (Å²) in [6.07, 6.45) is 2.52. The summed E-state index contributed by atoms with van der Waals surface area (Å²) in [5, 5.41) is 19.8. The maximum absolute atomic E-state index is 12.0. The van der Waals surface area contributed by atoms with Crippen LogP contribution in [0.4, 0.5) is 11.4 Å². The van der Waals surface area contributed by atoms with Gasteiger partial charge in [-0.3, -0.25) is 9.79 Å². The first kappa shape index (κ1) is 43.8. The molecule has 0 bridgehead atoms. The van der Waals surface area contributed by atoms with Crippen LogP contribution in [0.2, 0.25) is 0 Å². The van der Waals surface area contributed by atoms with Crippen LogP contribution < -0.4 is 20.5 Å². The minimum atomic E-state index is 0.0609. The fourth-order valence-electron chi connectivity index (χ4n) is 4.32. The van der Waals surface area contributed by atoms with Gasteiger partial charge in [-0.25, -0.2) is 4.99 Å². The van der Waals surface area contributed by atoms with E-state index in [9.17, 15) is 9.90 Å². The Labute approximate surface area is 277 Å². The third-order valence-electron chi connectivity index (χ3n) is 6.54. The summed E-state index contributed by atoms with van der Waals surface area (Å²) in [7, 11) is 5.90. The number of hydrogen-bond donors (Lipinski definition) is 4. The van der Waals surface area contributed by atoms with Crippen LogP contribution >= 0.6 is 0 Å². The van der Waals surface area contributed by atoms with Crippen molar-refractivity contribution in [1.82, 2.24) is 4.90 Å². The summed E-state index contributed by atoms with van der Waals surface area (Å²) in [5.41, 5.74) is 12.0. The zero-order valence-corrected chi connectivity index (χ0v) is 30.4. The number of ketones is 1. The van der Waals surface area contributed by atoms with Gasteiger partial charge in [-0.15, -0.1) is 0 Å². The van der Waals surface area contributed by atoms with Gasteiger partial charge in [-0.05, 0) is 95.0 Å². The molecule has 0 aliphatic rings. The summed E-state index contributed by atoms with van der Waals surface area (Å²) < 4.78 is 10.2. The van der Waals surface area contributed by atoms with Crippen molar-refractivity contribution in [2.75, 3.05) is 59.1 Å². The number of carbonyl (C=O) groups is 1. The lowest BCUT2D eigenvalue weighted by Crippen LogP contribution is -2.37. The van der Waals surface area contributed by atoms with Gasteiger partial charge >= 0.3 is 0 Å². The average Bonchev–Trinajstić information content (AvgIpc) is 3.04. The number of nitrogens with one attached hydrogen (secondary N) is 1. The van der Waals surface area contributed by atoms with Crippen molar-refractivity contribution in [3.05, 3.63) is 64.3 Å². The van der Waals surface area contributed by atoms with Crippen LogP contribution in [0.25, 0.3) is 0 Å². The Kier molecular flexibility index (Phi) is 23.8. The number of aryl methyl sites for hydroxylation is 1. The summed E-state index contributed by atoms with van der Waals surface area (Å²) >= 11 is 0. The highest BCUT2D eigenvalue weighted by Gasteiger charge is 2.20. The van der Waals surface area contributed by atoms with Crippen molar-refractivity contribution in [3.63, 3.8) is 0 Å². The fourth-order valence-corrected chi connectivity index (χ4v) is 4.32. The van der Waals surface area contributed by atoms with Crippen molar-refractivity contribution in [2.24, 2.45) is 9.98 Å². The number of aromatic hydroxyl groups is 1. The number of Topliss-reactive ketones (excluding diaryl/α,β-unsaturated/α-hetero) is 1. The van der Waals surface area contributed by atoms with Crippen LogP contribution in [0.5, 0.6) is 17.2 Å². The highest BCUT2D eigenvalue weighted by atomic mass is 16.5. The van der Waals surface area contributed by atoms with E-state index in [1.54, 1.807) is 52.7 Å². The van der Waals surface area contributed by atoms with E-state index >= 15 is 0 Å². The standard InChI is InChI=1S/C24H36N4O2.C9H13NO2.C2H6.CH4O/c1-8-14-28(15-13-26-21-9-11-22(30)12-10-21)24(27-16-25-7)23(17(2)3)19(5)18(4)20(6)29;1-6-4-7(10)5-8(11-2)9(6)12-3;2*1-2/h9-12,16,26,30H,8,13-15H2,1-7H3;4-5H,10H2,1-3H3;1-2H3;2H,1H3/b19-18+,25-16?,27-24?;;;. The van der Waals surface area contributed by atoms with E-state index < -0.39 is 0 Å². The molecule has 2 rings (SSSR count). The molecule has 0 saturated carbocycles. The third kappa shape index (κ3) is 15.1. The first-order valence-corrected chi connectivity index (χ1v) is 15.5. The number of nitrogens with zero attached hydrogens (tertiary/aromatic N) is 3. The number of anilines is 2. The number of methoxy groups -OCH3 is 2. The molecule has 46 heavy (non-hydrogen) atoms. The normalized spacial score (nSPS) is 11.0. The number of amidine groups is 1. The number of rotatable bonds is 12. The predicted octanol–water partition coefficient (Wildman–Crippen LogP) is 7.06. The van der Waals surface area contributed by atoms with Crippen molar-refractivity contribution < 1.29 is 24.5 Å². The molecule has 0 heterocycles. The second-order valence-corrected chi connectivity index (χ2v) is 10.0. The molecule has 0 fully saturated rings. The molecule has 5 N–H and O–H groups in total. The number of phenolic OH excluding ortho intramolecular Hbond substituents is 1. The average molecular weight is 642 g/mol. The Bertz CT molecular complexity index is 1290. The lowest BCUT2D eigenvalue weighted by atomic mass is 9.95. The number of hydrogen-bond acceptors (Lipinski definition) is 8. The largest absolute Gasteiger partial charge is 0.508 e. The van der Waals surface area contributed by atoms with Crippen molar-refractivity contribution >= 4 is 29.3 Å². The minimum Gasteiger partial charge on any atom is -0.508 e. The third-order valence-corrected chi connectivity index (χ3v) is 6.54. The van der Waals surface area contributed by atoms with E-state index in [1.807, 2.05) is 66.7 Å². The number of aliphatic imine (C=N–C) groups is 2. The highest BCUT2D eigenvalue weighted by molar-refractivity contribution is 6.08. The quantitative estimate of drug-likeness (QED) is 0.0482. The van der Waals surface area contributed by atoms with Gasteiger partial charge in [0.2, 0.25) is 0 Å². The lowest BCUT2D eigenvalue weighted by molar-refractivity contribution is -0.113. The van der Waals surface area contributed by atoms with Gasteiger partial charge in [0, 0.05) is 56.8 Å². The predicted molar refractivity (Wildman–Crippen MR) is 196 cm³/mol. The van der Waals surface area contributed by atoms with Crippen LogP contribution in [0.15, 0.2) is 68.7 Å². The van der Waals surface area contributed by atoms with Gasteiger partial charge in [0.15, 0.2) is 17.3 Å². The molecular formula is C36H59N5O5. The van der Waals surface area contributed by atoms with Gasteiger partial charge in [0.25, 0.3) is 0 Å².